The minimum Gasteiger partial charge on any atom is -0.493 e. The van der Waals surface area contributed by atoms with Crippen LogP contribution in [0.2, 0.25) is 0 Å². The second-order valence-corrected chi connectivity index (χ2v) is 6.17. The molecule has 7 nitrogen and oxygen atoms in total. The fourth-order valence-corrected chi connectivity index (χ4v) is 3.33. The zero-order valence-corrected chi connectivity index (χ0v) is 15.4. The van der Waals surface area contributed by atoms with Crippen LogP contribution in [0.25, 0.3) is 0 Å². The number of carbonyl (C=O) groups is 2. The average Bonchev–Trinajstić information content (AvgIpc) is 2.70. The molecule has 1 heterocycles. The Morgan fingerprint density at radius 2 is 1.59 bits per heavy atom. The van der Waals surface area contributed by atoms with Gasteiger partial charge in [-0.3, -0.25) is 4.79 Å². The van der Waals surface area contributed by atoms with Crippen molar-refractivity contribution in [2.75, 3.05) is 21.3 Å². The Hall–Kier alpha value is -3.22. The van der Waals surface area contributed by atoms with Gasteiger partial charge in [0.05, 0.1) is 21.3 Å². The van der Waals surface area contributed by atoms with Crippen molar-refractivity contribution in [2.24, 2.45) is 0 Å². The molecule has 2 aromatic carbocycles. The summed E-state index contributed by atoms with van der Waals surface area (Å²) in [6, 6.07) is 9.67. The zero-order valence-electron chi connectivity index (χ0n) is 15.4. The van der Waals surface area contributed by atoms with Gasteiger partial charge < -0.3 is 24.2 Å². The molecule has 1 aliphatic heterocycles. The smallest absolute Gasteiger partial charge is 0.326 e. The summed E-state index contributed by atoms with van der Waals surface area (Å²) in [5.74, 6) is -0.397. The van der Waals surface area contributed by atoms with E-state index in [0.29, 0.717) is 17.2 Å². The highest BCUT2D eigenvalue weighted by atomic mass is 16.5. The second kappa shape index (κ2) is 7.57. The lowest BCUT2D eigenvalue weighted by atomic mass is 9.93. The quantitative estimate of drug-likeness (QED) is 0.869. The Morgan fingerprint density at radius 3 is 2.11 bits per heavy atom. The Labute approximate surface area is 157 Å². The summed E-state index contributed by atoms with van der Waals surface area (Å²) in [7, 11) is 4.40. The molecule has 0 spiro atoms. The van der Waals surface area contributed by atoms with Crippen molar-refractivity contribution >= 4 is 11.9 Å². The third kappa shape index (κ3) is 3.40. The van der Waals surface area contributed by atoms with Crippen molar-refractivity contribution < 1.29 is 28.9 Å². The van der Waals surface area contributed by atoms with Crippen molar-refractivity contribution in [3.05, 3.63) is 53.1 Å². The molecule has 1 atom stereocenters. The molecule has 0 saturated heterocycles. The van der Waals surface area contributed by atoms with Crippen molar-refractivity contribution in [3.8, 4) is 17.2 Å². The van der Waals surface area contributed by atoms with Crippen LogP contribution < -0.4 is 14.2 Å². The highest BCUT2D eigenvalue weighted by Crippen LogP contribution is 2.39. The van der Waals surface area contributed by atoms with Crippen LogP contribution in [0.5, 0.6) is 17.2 Å². The van der Waals surface area contributed by atoms with Gasteiger partial charge in [-0.25, -0.2) is 4.79 Å². The van der Waals surface area contributed by atoms with E-state index in [1.54, 1.807) is 0 Å². The Balaban J connectivity index is 2.02. The van der Waals surface area contributed by atoms with E-state index in [4.69, 9.17) is 14.2 Å². The van der Waals surface area contributed by atoms with E-state index in [-0.39, 0.29) is 18.5 Å². The maximum absolute atomic E-state index is 13.2. The summed E-state index contributed by atoms with van der Waals surface area (Å²) in [4.78, 5) is 26.3. The summed E-state index contributed by atoms with van der Waals surface area (Å²) in [6.07, 6.45) is 0.266. The third-order valence-electron chi connectivity index (χ3n) is 4.71. The molecule has 7 heteroatoms. The first-order chi connectivity index (χ1) is 13.0. The van der Waals surface area contributed by atoms with E-state index in [2.05, 4.69) is 0 Å². The molecule has 0 saturated carbocycles. The van der Waals surface area contributed by atoms with Gasteiger partial charge >= 0.3 is 5.97 Å². The summed E-state index contributed by atoms with van der Waals surface area (Å²) in [5.41, 5.74) is 2.16. The fraction of sp³-hybridized carbons (Fsp3) is 0.300. The maximum Gasteiger partial charge on any atom is 0.326 e. The van der Waals surface area contributed by atoms with Gasteiger partial charge in [-0.2, -0.15) is 0 Å². The summed E-state index contributed by atoms with van der Waals surface area (Å²) in [5, 5.41) is 9.65. The highest BCUT2D eigenvalue weighted by Gasteiger charge is 2.35. The molecule has 1 amide bonds. The normalized spacial score (nSPS) is 15.7. The van der Waals surface area contributed by atoms with Crippen LogP contribution >= 0.6 is 0 Å². The first-order valence-corrected chi connectivity index (χ1v) is 8.40. The predicted octanol–water partition coefficient (Wildman–Crippen LogP) is 2.36. The molecule has 27 heavy (non-hydrogen) atoms. The van der Waals surface area contributed by atoms with Crippen LogP contribution in [-0.4, -0.2) is 49.3 Å². The Bertz CT molecular complexity index is 854. The molecule has 1 N–H and O–H groups in total. The molecule has 0 aromatic heterocycles. The van der Waals surface area contributed by atoms with E-state index in [1.165, 1.54) is 38.4 Å². The largest absolute Gasteiger partial charge is 0.493 e. The summed E-state index contributed by atoms with van der Waals surface area (Å²) in [6.45, 7) is 0.225. The van der Waals surface area contributed by atoms with Crippen molar-refractivity contribution in [2.45, 2.75) is 19.0 Å². The molecular weight excluding hydrogens is 350 g/mol. The van der Waals surface area contributed by atoms with Gasteiger partial charge in [0.1, 0.15) is 6.04 Å². The number of rotatable bonds is 5. The van der Waals surface area contributed by atoms with Crippen LogP contribution in [0, 0.1) is 0 Å². The molecule has 0 aliphatic carbocycles. The monoisotopic (exact) mass is 371 g/mol. The van der Waals surface area contributed by atoms with Gasteiger partial charge in [0, 0.05) is 18.5 Å². The van der Waals surface area contributed by atoms with Gasteiger partial charge in [0.25, 0.3) is 5.91 Å². The van der Waals surface area contributed by atoms with Gasteiger partial charge in [-0.15, -0.1) is 0 Å². The Morgan fingerprint density at radius 1 is 1.00 bits per heavy atom. The number of methoxy groups -OCH3 is 3. The maximum atomic E-state index is 13.2. The van der Waals surface area contributed by atoms with Crippen LogP contribution in [0.15, 0.2) is 36.4 Å². The molecule has 1 aliphatic rings. The number of nitrogens with zero attached hydrogens (tertiary/aromatic N) is 1. The van der Waals surface area contributed by atoms with E-state index >= 15 is 0 Å². The SMILES string of the molecule is COc1cc(C(=O)N2Cc3ccccc3CC2C(=O)O)cc(OC)c1OC. The minimum atomic E-state index is -1.04. The lowest BCUT2D eigenvalue weighted by Crippen LogP contribution is -2.48. The number of amides is 1. The number of fused-ring (bicyclic) bond motifs is 1. The molecule has 1 unspecified atom stereocenters. The number of aliphatic carboxylic acids is 1. The summed E-state index contributed by atoms with van der Waals surface area (Å²) >= 11 is 0. The van der Waals surface area contributed by atoms with Crippen molar-refractivity contribution in [3.63, 3.8) is 0 Å². The molecule has 3 rings (SSSR count). The lowest BCUT2D eigenvalue weighted by molar-refractivity contribution is -0.142. The van der Waals surface area contributed by atoms with Crippen molar-refractivity contribution in [1.82, 2.24) is 4.90 Å². The number of carboxylic acids is 1. The molecule has 0 bridgehead atoms. The lowest BCUT2D eigenvalue weighted by Gasteiger charge is -2.34. The predicted molar refractivity (Wildman–Crippen MR) is 97.5 cm³/mol. The Kier molecular flexibility index (Phi) is 5.21. The van der Waals surface area contributed by atoms with Crippen LogP contribution in [0.3, 0.4) is 0 Å². The molecular formula is C20H21NO6. The van der Waals surface area contributed by atoms with Crippen LogP contribution in [0.4, 0.5) is 0 Å². The standard InChI is InChI=1S/C20H21NO6/c1-25-16-9-14(10-17(26-2)18(16)27-3)19(22)21-11-13-7-5-4-6-12(13)8-15(21)20(23)24/h4-7,9-10,15H,8,11H2,1-3H3,(H,23,24). The van der Waals surface area contributed by atoms with E-state index < -0.39 is 17.9 Å². The van der Waals surface area contributed by atoms with Gasteiger partial charge in [0.2, 0.25) is 5.75 Å². The van der Waals surface area contributed by atoms with Crippen LogP contribution in [-0.2, 0) is 17.8 Å². The van der Waals surface area contributed by atoms with Crippen molar-refractivity contribution in [1.29, 1.82) is 0 Å². The fourth-order valence-electron chi connectivity index (χ4n) is 3.33. The summed E-state index contributed by atoms with van der Waals surface area (Å²) < 4.78 is 15.9. The zero-order chi connectivity index (χ0) is 19.6. The van der Waals surface area contributed by atoms with E-state index in [0.717, 1.165) is 11.1 Å². The first-order valence-electron chi connectivity index (χ1n) is 8.40. The van der Waals surface area contributed by atoms with E-state index in [9.17, 15) is 14.7 Å². The third-order valence-corrected chi connectivity index (χ3v) is 4.71. The number of hydrogen-bond acceptors (Lipinski definition) is 5. The van der Waals surface area contributed by atoms with E-state index in [1.807, 2.05) is 24.3 Å². The first kappa shape index (κ1) is 18.6. The minimum absolute atomic E-state index is 0.225. The highest BCUT2D eigenvalue weighted by molar-refractivity contribution is 5.98. The van der Waals surface area contributed by atoms with Crippen LogP contribution in [0.1, 0.15) is 21.5 Å². The second-order valence-electron chi connectivity index (χ2n) is 6.17. The topological polar surface area (TPSA) is 85.3 Å². The average molecular weight is 371 g/mol. The number of hydrogen-bond donors (Lipinski definition) is 1. The van der Waals surface area contributed by atoms with Gasteiger partial charge in [0.15, 0.2) is 11.5 Å². The van der Waals surface area contributed by atoms with Gasteiger partial charge in [-0.05, 0) is 23.3 Å². The number of benzene rings is 2. The number of carboxylic acid groups (broad SMARTS) is 1. The molecule has 0 radical (unpaired) electrons. The molecule has 0 fully saturated rings. The number of carbonyl (C=O) groups excluding carboxylic acids is 1. The van der Waals surface area contributed by atoms with Gasteiger partial charge in [-0.1, -0.05) is 24.3 Å². The molecule has 2 aromatic rings. The molecule has 142 valence electrons. The number of ether oxygens (including phenoxy) is 3.